The molecule has 0 N–H and O–H groups in total. The van der Waals surface area contributed by atoms with Gasteiger partial charge in [0.15, 0.2) is 0 Å². The van der Waals surface area contributed by atoms with Crippen LogP contribution in [0, 0.1) is 0 Å². The minimum Gasteiger partial charge on any atom is -0.273 e. The average Bonchev–Trinajstić information content (AvgIpc) is 1.90. The largest absolute Gasteiger partial charge is 0.273 e. The molecule has 0 fully saturated rings. The number of nitrogens with zero attached hydrogens (tertiary/aromatic N) is 1. The first kappa shape index (κ1) is 6.29. The van der Waals surface area contributed by atoms with E-state index in [1.54, 1.807) is 0 Å². The zero-order chi connectivity index (χ0) is 6.69. The highest BCUT2D eigenvalue weighted by atomic mass is 16.7. The zero-order valence-electron chi connectivity index (χ0n) is 5.33. The molecule has 0 spiro atoms. The van der Waals surface area contributed by atoms with Crippen molar-refractivity contribution in [2.24, 2.45) is 0 Å². The Balaban J connectivity index is 2.44. The molecular weight excluding hydrogens is 118 g/mol. The summed E-state index contributed by atoms with van der Waals surface area (Å²) in [5.41, 5.74) is 0. The van der Waals surface area contributed by atoms with Gasteiger partial charge in [0.1, 0.15) is 0 Å². The highest BCUT2D eigenvalue weighted by Crippen LogP contribution is 1.97. The maximum absolute atomic E-state index is 10.6. The summed E-state index contributed by atoms with van der Waals surface area (Å²) in [6.45, 7) is 2.58. The molecule has 0 saturated heterocycles. The first-order valence-electron chi connectivity index (χ1n) is 2.87. The molecule has 0 aromatic carbocycles. The monoisotopic (exact) mass is 127 g/mol. The fraction of sp³-hybridized carbons (Fsp3) is 0.500. The predicted molar refractivity (Wildman–Crippen MR) is 32.5 cm³/mol. The van der Waals surface area contributed by atoms with Crippen LogP contribution in [0.4, 0.5) is 0 Å². The van der Waals surface area contributed by atoms with Crippen LogP contribution in [-0.2, 0) is 9.63 Å². The fourth-order valence-electron chi connectivity index (χ4n) is 0.643. The van der Waals surface area contributed by atoms with Crippen LogP contribution in [0.5, 0.6) is 0 Å². The summed E-state index contributed by atoms with van der Waals surface area (Å²) >= 11 is 0. The maximum Gasteiger partial charge on any atom is 0.243 e. The average molecular weight is 127 g/mol. The first-order valence-corrected chi connectivity index (χ1v) is 2.87. The molecule has 0 radical (unpaired) electrons. The topological polar surface area (TPSA) is 29.5 Å². The Kier molecular flexibility index (Phi) is 1.85. The Hall–Kier alpha value is -0.830. The van der Waals surface area contributed by atoms with Crippen molar-refractivity contribution in [2.75, 3.05) is 13.2 Å². The Morgan fingerprint density at radius 3 is 2.78 bits per heavy atom. The summed E-state index contributed by atoms with van der Waals surface area (Å²) in [7, 11) is 0. The van der Waals surface area contributed by atoms with E-state index >= 15 is 0 Å². The van der Waals surface area contributed by atoms with Crippen LogP contribution in [0.3, 0.4) is 0 Å². The Bertz CT molecular complexity index is 142. The first-order chi connectivity index (χ1) is 4.30. The molecule has 0 saturated carbocycles. The van der Waals surface area contributed by atoms with E-state index in [1.165, 1.54) is 12.0 Å². The lowest BCUT2D eigenvalue weighted by Crippen LogP contribution is -2.31. The van der Waals surface area contributed by atoms with E-state index in [9.17, 15) is 4.79 Å². The molecule has 1 heterocycles. The molecule has 0 aromatic heterocycles. The lowest BCUT2D eigenvalue weighted by atomic mass is 10.4. The SMILES string of the molecule is CC(=O)N1CC=CCO1. The number of hydrogen-bond acceptors (Lipinski definition) is 2. The van der Waals surface area contributed by atoms with Crippen LogP contribution >= 0.6 is 0 Å². The molecule has 3 heteroatoms. The van der Waals surface area contributed by atoms with E-state index in [0.29, 0.717) is 13.2 Å². The molecular formula is C6H9NO2. The fourth-order valence-corrected chi connectivity index (χ4v) is 0.643. The Morgan fingerprint density at radius 1 is 1.67 bits per heavy atom. The summed E-state index contributed by atoms with van der Waals surface area (Å²) in [6.07, 6.45) is 3.80. The van der Waals surface area contributed by atoms with E-state index < -0.39 is 0 Å². The van der Waals surface area contributed by atoms with Gasteiger partial charge in [0.2, 0.25) is 5.91 Å². The van der Waals surface area contributed by atoms with Crippen LogP contribution < -0.4 is 0 Å². The van der Waals surface area contributed by atoms with Crippen molar-refractivity contribution < 1.29 is 9.63 Å². The van der Waals surface area contributed by atoms with E-state index in [-0.39, 0.29) is 5.91 Å². The summed E-state index contributed by atoms with van der Waals surface area (Å²) < 4.78 is 0. The molecule has 9 heavy (non-hydrogen) atoms. The molecule has 1 aliphatic rings. The van der Waals surface area contributed by atoms with E-state index in [4.69, 9.17) is 4.84 Å². The number of hydroxylamine groups is 2. The van der Waals surface area contributed by atoms with Crippen LogP contribution in [0.2, 0.25) is 0 Å². The van der Waals surface area contributed by atoms with Gasteiger partial charge in [0, 0.05) is 6.92 Å². The third-order valence-electron chi connectivity index (χ3n) is 1.12. The lowest BCUT2D eigenvalue weighted by Gasteiger charge is -2.20. The smallest absolute Gasteiger partial charge is 0.243 e. The molecule has 0 aliphatic carbocycles. The van der Waals surface area contributed by atoms with Gasteiger partial charge < -0.3 is 0 Å². The number of rotatable bonds is 0. The third-order valence-corrected chi connectivity index (χ3v) is 1.12. The molecule has 0 bridgehead atoms. The van der Waals surface area contributed by atoms with E-state index in [1.807, 2.05) is 12.2 Å². The van der Waals surface area contributed by atoms with Gasteiger partial charge in [-0.3, -0.25) is 9.63 Å². The summed E-state index contributed by atoms with van der Waals surface area (Å²) in [4.78, 5) is 15.5. The van der Waals surface area contributed by atoms with Gasteiger partial charge in [-0.25, -0.2) is 5.06 Å². The zero-order valence-corrected chi connectivity index (χ0v) is 5.33. The lowest BCUT2D eigenvalue weighted by molar-refractivity contribution is -0.179. The third kappa shape index (κ3) is 1.54. The van der Waals surface area contributed by atoms with E-state index in [2.05, 4.69) is 0 Å². The predicted octanol–water partition coefficient (Wildman–Crippen LogP) is 0.336. The number of amides is 1. The highest BCUT2D eigenvalue weighted by molar-refractivity contribution is 5.72. The van der Waals surface area contributed by atoms with Crippen molar-refractivity contribution in [3.8, 4) is 0 Å². The second-order valence-electron chi connectivity index (χ2n) is 1.85. The molecule has 1 aliphatic heterocycles. The second kappa shape index (κ2) is 2.64. The standard InChI is InChI=1S/C6H9NO2/c1-6(8)7-4-2-3-5-9-7/h2-3H,4-5H2,1H3. The van der Waals surface area contributed by atoms with Crippen LogP contribution in [0.15, 0.2) is 12.2 Å². The van der Waals surface area contributed by atoms with Crippen LogP contribution in [-0.4, -0.2) is 24.1 Å². The molecule has 1 rings (SSSR count). The molecule has 50 valence electrons. The minimum absolute atomic E-state index is 0.0423. The van der Waals surface area contributed by atoms with Crippen LogP contribution in [0.25, 0.3) is 0 Å². The Morgan fingerprint density at radius 2 is 2.44 bits per heavy atom. The van der Waals surface area contributed by atoms with Gasteiger partial charge in [-0.15, -0.1) is 0 Å². The minimum atomic E-state index is -0.0423. The van der Waals surface area contributed by atoms with Gasteiger partial charge in [-0.1, -0.05) is 12.2 Å². The summed E-state index contributed by atoms with van der Waals surface area (Å²) in [5.74, 6) is -0.0423. The quantitative estimate of drug-likeness (QED) is 0.439. The van der Waals surface area contributed by atoms with Gasteiger partial charge in [0.25, 0.3) is 0 Å². The van der Waals surface area contributed by atoms with Crippen molar-refractivity contribution >= 4 is 5.91 Å². The molecule has 0 unspecified atom stereocenters. The summed E-state index contributed by atoms with van der Waals surface area (Å²) in [5, 5.41) is 1.33. The van der Waals surface area contributed by atoms with Crippen molar-refractivity contribution in [3.05, 3.63) is 12.2 Å². The van der Waals surface area contributed by atoms with Gasteiger partial charge >= 0.3 is 0 Å². The van der Waals surface area contributed by atoms with Crippen LogP contribution in [0.1, 0.15) is 6.92 Å². The van der Waals surface area contributed by atoms with Gasteiger partial charge in [-0.05, 0) is 0 Å². The Labute approximate surface area is 53.9 Å². The number of carbonyl (C=O) groups excluding carboxylic acids is 1. The molecule has 0 aromatic rings. The van der Waals surface area contributed by atoms with E-state index in [0.717, 1.165) is 0 Å². The van der Waals surface area contributed by atoms with Crippen molar-refractivity contribution in [1.82, 2.24) is 5.06 Å². The highest BCUT2D eigenvalue weighted by Gasteiger charge is 2.08. The van der Waals surface area contributed by atoms with Crippen molar-refractivity contribution in [3.63, 3.8) is 0 Å². The molecule has 3 nitrogen and oxygen atoms in total. The molecule has 0 atom stereocenters. The molecule has 1 amide bonds. The second-order valence-corrected chi connectivity index (χ2v) is 1.85. The summed E-state index contributed by atoms with van der Waals surface area (Å²) in [6, 6.07) is 0. The normalized spacial score (nSPS) is 18.1. The van der Waals surface area contributed by atoms with Gasteiger partial charge in [0.05, 0.1) is 13.2 Å². The van der Waals surface area contributed by atoms with Crippen molar-refractivity contribution in [2.45, 2.75) is 6.92 Å². The van der Waals surface area contributed by atoms with Crippen molar-refractivity contribution in [1.29, 1.82) is 0 Å². The maximum atomic E-state index is 10.6. The number of hydrogen-bond donors (Lipinski definition) is 0. The number of carbonyl (C=O) groups is 1. The van der Waals surface area contributed by atoms with Gasteiger partial charge in [-0.2, -0.15) is 0 Å².